The highest BCUT2D eigenvalue weighted by molar-refractivity contribution is 7.09. The van der Waals surface area contributed by atoms with Crippen molar-refractivity contribution in [3.05, 3.63) is 51.7 Å². The molecule has 1 atom stereocenters. The van der Waals surface area contributed by atoms with Crippen molar-refractivity contribution in [1.82, 2.24) is 9.88 Å². The molecule has 1 amide bonds. The second-order valence-corrected chi connectivity index (χ2v) is 7.73. The SMILES string of the molecule is CC(N)C1CCN(C(=O)Cc2csc(Cc3ccc(F)cc3)n2)CC1.Cl.Cl. The zero-order valence-electron chi connectivity index (χ0n) is 15.3. The molecule has 0 aliphatic carbocycles. The first-order chi connectivity index (χ1) is 12.0. The van der Waals surface area contributed by atoms with Gasteiger partial charge in [-0.3, -0.25) is 4.79 Å². The van der Waals surface area contributed by atoms with E-state index in [-0.39, 0.29) is 42.6 Å². The fraction of sp³-hybridized carbons (Fsp3) is 0.474. The summed E-state index contributed by atoms with van der Waals surface area (Å²) >= 11 is 1.55. The van der Waals surface area contributed by atoms with E-state index < -0.39 is 0 Å². The van der Waals surface area contributed by atoms with Gasteiger partial charge in [0.1, 0.15) is 5.82 Å². The largest absolute Gasteiger partial charge is 0.342 e. The number of halogens is 3. The molecule has 1 aliphatic heterocycles. The number of benzene rings is 1. The molecule has 0 radical (unpaired) electrons. The molecule has 1 fully saturated rings. The van der Waals surface area contributed by atoms with E-state index in [9.17, 15) is 9.18 Å². The zero-order chi connectivity index (χ0) is 17.8. The van der Waals surface area contributed by atoms with Gasteiger partial charge in [0.15, 0.2) is 0 Å². The number of nitrogens with zero attached hydrogens (tertiary/aromatic N) is 2. The molecule has 2 aromatic rings. The van der Waals surface area contributed by atoms with Crippen molar-refractivity contribution >= 4 is 42.1 Å². The van der Waals surface area contributed by atoms with Crippen LogP contribution in [0.15, 0.2) is 29.6 Å². The number of thiazole rings is 1. The molecule has 1 aromatic carbocycles. The van der Waals surface area contributed by atoms with E-state index in [1.54, 1.807) is 23.5 Å². The third-order valence-corrected chi connectivity index (χ3v) is 5.73. The number of carbonyl (C=O) groups excluding carboxylic acids is 1. The minimum Gasteiger partial charge on any atom is -0.342 e. The topological polar surface area (TPSA) is 59.2 Å². The second kappa shape index (κ2) is 11.0. The maximum atomic E-state index is 13.0. The van der Waals surface area contributed by atoms with Gasteiger partial charge in [-0.05, 0) is 43.4 Å². The zero-order valence-corrected chi connectivity index (χ0v) is 17.7. The fourth-order valence-corrected chi connectivity index (χ4v) is 4.06. The van der Waals surface area contributed by atoms with E-state index in [4.69, 9.17) is 5.73 Å². The monoisotopic (exact) mass is 433 g/mol. The molecule has 0 saturated carbocycles. The summed E-state index contributed by atoms with van der Waals surface area (Å²) in [5.74, 6) is 0.425. The molecule has 150 valence electrons. The summed E-state index contributed by atoms with van der Waals surface area (Å²) in [6, 6.07) is 6.65. The number of hydrogen-bond donors (Lipinski definition) is 1. The van der Waals surface area contributed by atoms with E-state index in [0.29, 0.717) is 18.8 Å². The van der Waals surface area contributed by atoms with Crippen molar-refractivity contribution in [2.24, 2.45) is 11.7 Å². The third-order valence-electron chi connectivity index (χ3n) is 4.84. The number of aromatic nitrogens is 1. The highest BCUT2D eigenvalue weighted by atomic mass is 35.5. The molecule has 4 nitrogen and oxygen atoms in total. The van der Waals surface area contributed by atoms with Crippen molar-refractivity contribution in [3.63, 3.8) is 0 Å². The van der Waals surface area contributed by atoms with Crippen LogP contribution in [0, 0.1) is 11.7 Å². The number of piperidine rings is 1. The highest BCUT2D eigenvalue weighted by Crippen LogP contribution is 2.21. The Hall–Kier alpha value is -1.21. The van der Waals surface area contributed by atoms with Gasteiger partial charge >= 0.3 is 0 Å². The van der Waals surface area contributed by atoms with Crippen molar-refractivity contribution in [2.45, 2.75) is 38.6 Å². The molecular weight excluding hydrogens is 408 g/mol. The molecule has 1 aromatic heterocycles. The number of carbonyl (C=O) groups is 1. The van der Waals surface area contributed by atoms with Crippen LogP contribution >= 0.6 is 36.2 Å². The normalized spacial score (nSPS) is 15.6. The summed E-state index contributed by atoms with van der Waals surface area (Å²) in [7, 11) is 0. The Kier molecular flexibility index (Phi) is 9.67. The van der Waals surface area contributed by atoms with Gasteiger partial charge in [-0.2, -0.15) is 0 Å². The van der Waals surface area contributed by atoms with E-state index in [0.717, 1.165) is 42.2 Å². The molecule has 3 rings (SSSR count). The number of hydrogen-bond acceptors (Lipinski definition) is 4. The van der Waals surface area contributed by atoms with Crippen LogP contribution in [0.1, 0.15) is 36.0 Å². The van der Waals surface area contributed by atoms with Crippen LogP contribution in [0.2, 0.25) is 0 Å². The van der Waals surface area contributed by atoms with E-state index in [1.165, 1.54) is 12.1 Å². The third kappa shape index (κ3) is 6.71. The van der Waals surface area contributed by atoms with Crippen LogP contribution < -0.4 is 5.73 Å². The lowest BCUT2D eigenvalue weighted by molar-refractivity contribution is -0.132. The molecule has 1 saturated heterocycles. The number of nitrogens with two attached hydrogens (primary N) is 1. The minimum absolute atomic E-state index is 0. The molecule has 2 heterocycles. The average Bonchev–Trinajstić information content (AvgIpc) is 3.04. The number of likely N-dealkylation sites (tertiary alicyclic amines) is 1. The summed E-state index contributed by atoms with van der Waals surface area (Å²) < 4.78 is 13.0. The predicted octanol–water partition coefficient (Wildman–Crippen LogP) is 3.84. The summed E-state index contributed by atoms with van der Waals surface area (Å²) in [6.07, 6.45) is 2.98. The molecular formula is C19H26Cl2FN3OS. The summed E-state index contributed by atoms with van der Waals surface area (Å²) in [5.41, 5.74) is 7.79. The van der Waals surface area contributed by atoms with Crippen LogP contribution in [0.4, 0.5) is 4.39 Å². The quantitative estimate of drug-likeness (QED) is 0.778. The van der Waals surface area contributed by atoms with Crippen molar-refractivity contribution in [3.8, 4) is 0 Å². The average molecular weight is 434 g/mol. The molecule has 1 unspecified atom stereocenters. The Labute approximate surface area is 176 Å². The lowest BCUT2D eigenvalue weighted by Gasteiger charge is -2.33. The Morgan fingerprint density at radius 2 is 1.93 bits per heavy atom. The van der Waals surface area contributed by atoms with Crippen LogP contribution in [0.3, 0.4) is 0 Å². The predicted molar refractivity (Wildman–Crippen MR) is 112 cm³/mol. The van der Waals surface area contributed by atoms with E-state index >= 15 is 0 Å². The van der Waals surface area contributed by atoms with Gasteiger partial charge in [0, 0.05) is 30.9 Å². The maximum Gasteiger partial charge on any atom is 0.228 e. The van der Waals surface area contributed by atoms with Crippen LogP contribution in [0.25, 0.3) is 0 Å². The number of amides is 1. The lowest BCUT2D eigenvalue weighted by atomic mass is 9.91. The summed E-state index contributed by atoms with van der Waals surface area (Å²) in [6.45, 7) is 3.62. The molecule has 27 heavy (non-hydrogen) atoms. The summed E-state index contributed by atoms with van der Waals surface area (Å²) in [5, 5.41) is 2.90. The Morgan fingerprint density at radius 1 is 1.30 bits per heavy atom. The van der Waals surface area contributed by atoms with Crippen LogP contribution in [-0.2, 0) is 17.6 Å². The minimum atomic E-state index is -0.234. The first-order valence-electron chi connectivity index (χ1n) is 8.72. The molecule has 0 spiro atoms. The Balaban J connectivity index is 0.00000182. The molecule has 1 aliphatic rings. The lowest BCUT2D eigenvalue weighted by Crippen LogP contribution is -2.43. The van der Waals surface area contributed by atoms with Gasteiger partial charge in [-0.15, -0.1) is 36.2 Å². The summed E-state index contributed by atoms with van der Waals surface area (Å²) in [4.78, 5) is 19.0. The molecule has 8 heteroatoms. The highest BCUT2D eigenvalue weighted by Gasteiger charge is 2.25. The van der Waals surface area contributed by atoms with Crippen LogP contribution in [-0.4, -0.2) is 34.9 Å². The Morgan fingerprint density at radius 3 is 2.52 bits per heavy atom. The molecule has 2 N–H and O–H groups in total. The second-order valence-electron chi connectivity index (χ2n) is 6.79. The van der Waals surface area contributed by atoms with Gasteiger partial charge in [-0.25, -0.2) is 9.37 Å². The van der Waals surface area contributed by atoms with Gasteiger partial charge < -0.3 is 10.6 Å². The van der Waals surface area contributed by atoms with Gasteiger partial charge in [0.2, 0.25) is 5.91 Å². The van der Waals surface area contributed by atoms with Gasteiger partial charge in [0.25, 0.3) is 0 Å². The van der Waals surface area contributed by atoms with Crippen molar-refractivity contribution < 1.29 is 9.18 Å². The Bertz CT molecular complexity index is 716. The standard InChI is InChI=1S/C19H24FN3OS.2ClH/c1-13(21)15-6-8-23(9-7-15)19(24)11-17-12-25-18(22-17)10-14-2-4-16(20)5-3-14;;/h2-5,12-13,15H,6-11,21H2,1H3;2*1H. The van der Waals surface area contributed by atoms with Crippen LogP contribution in [0.5, 0.6) is 0 Å². The first kappa shape index (κ1) is 23.8. The van der Waals surface area contributed by atoms with E-state index in [2.05, 4.69) is 4.98 Å². The van der Waals surface area contributed by atoms with Crippen molar-refractivity contribution in [2.75, 3.05) is 13.1 Å². The van der Waals surface area contributed by atoms with Gasteiger partial charge in [0.05, 0.1) is 17.1 Å². The van der Waals surface area contributed by atoms with Crippen molar-refractivity contribution in [1.29, 1.82) is 0 Å². The fourth-order valence-electron chi connectivity index (χ4n) is 3.23. The smallest absolute Gasteiger partial charge is 0.228 e. The first-order valence-corrected chi connectivity index (χ1v) is 9.60. The maximum absolute atomic E-state index is 13.0. The molecule has 0 bridgehead atoms. The van der Waals surface area contributed by atoms with E-state index in [1.807, 2.05) is 17.2 Å². The number of rotatable bonds is 5. The van der Waals surface area contributed by atoms with Gasteiger partial charge in [-0.1, -0.05) is 12.1 Å².